The molecule has 0 saturated carbocycles. The minimum Gasteiger partial charge on any atom is -0.376 e. The Labute approximate surface area is 218 Å². The van der Waals surface area contributed by atoms with Crippen molar-refractivity contribution in [3.63, 3.8) is 0 Å². The van der Waals surface area contributed by atoms with Crippen molar-refractivity contribution >= 4 is 45.8 Å². The molecular formula is C28H28FN3O4S. The second-order valence-corrected chi connectivity index (χ2v) is 10.2. The number of thioether (sulfide) groups is 1. The lowest BCUT2D eigenvalue weighted by Gasteiger charge is -2.12. The van der Waals surface area contributed by atoms with Crippen LogP contribution in [0.25, 0.3) is 17.0 Å². The Balaban J connectivity index is 1.40. The van der Waals surface area contributed by atoms with Gasteiger partial charge in [0.25, 0.3) is 11.1 Å². The maximum absolute atomic E-state index is 13.2. The van der Waals surface area contributed by atoms with Crippen LogP contribution in [0.3, 0.4) is 0 Å². The smallest absolute Gasteiger partial charge is 0.293 e. The lowest BCUT2D eigenvalue weighted by molar-refractivity contribution is -0.123. The molecule has 7 nitrogen and oxygen atoms in total. The van der Waals surface area contributed by atoms with Crippen LogP contribution in [0.4, 0.5) is 9.18 Å². The summed E-state index contributed by atoms with van der Waals surface area (Å²) in [5, 5.41) is 3.51. The van der Waals surface area contributed by atoms with Gasteiger partial charge in [-0.1, -0.05) is 37.3 Å². The number of benzene rings is 2. The Hall–Kier alpha value is -3.43. The first-order valence-electron chi connectivity index (χ1n) is 12.4. The minimum absolute atomic E-state index is 0.0673. The summed E-state index contributed by atoms with van der Waals surface area (Å²) in [4.78, 5) is 40.0. The molecule has 0 bridgehead atoms. The number of aromatic nitrogens is 1. The van der Waals surface area contributed by atoms with E-state index in [2.05, 4.69) is 12.2 Å². The van der Waals surface area contributed by atoms with E-state index in [4.69, 9.17) is 4.74 Å². The van der Waals surface area contributed by atoms with Crippen molar-refractivity contribution in [3.05, 3.63) is 76.1 Å². The number of nitrogens with zero attached hydrogens (tertiary/aromatic N) is 2. The third-order valence-corrected chi connectivity index (χ3v) is 7.58. The lowest BCUT2D eigenvalue weighted by atomic mass is 10.1. The Morgan fingerprint density at radius 2 is 2.03 bits per heavy atom. The van der Waals surface area contributed by atoms with Crippen LogP contribution in [0.15, 0.2) is 53.6 Å². The van der Waals surface area contributed by atoms with Gasteiger partial charge in [-0.25, -0.2) is 4.39 Å². The van der Waals surface area contributed by atoms with Gasteiger partial charge in [0.05, 0.1) is 23.1 Å². The molecule has 1 atom stereocenters. The first-order chi connectivity index (χ1) is 17.9. The van der Waals surface area contributed by atoms with Crippen LogP contribution >= 0.6 is 11.8 Å². The summed E-state index contributed by atoms with van der Waals surface area (Å²) in [5.41, 5.74) is 3.47. The monoisotopic (exact) mass is 521 g/mol. The largest absolute Gasteiger partial charge is 0.376 e. The van der Waals surface area contributed by atoms with E-state index < -0.39 is 0 Å². The number of rotatable bonds is 8. The molecule has 3 amide bonds. The van der Waals surface area contributed by atoms with Crippen molar-refractivity contribution in [3.8, 4) is 0 Å². The molecule has 192 valence electrons. The zero-order valence-corrected chi connectivity index (χ0v) is 21.4. The molecular weight excluding hydrogens is 493 g/mol. The fourth-order valence-electron chi connectivity index (χ4n) is 4.78. The number of hydrogen-bond donors (Lipinski definition) is 1. The molecule has 0 aliphatic carbocycles. The van der Waals surface area contributed by atoms with Gasteiger partial charge in [0, 0.05) is 30.3 Å². The number of imide groups is 1. The average Bonchev–Trinajstić information content (AvgIpc) is 3.60. The minimum atomic E-state index is -0.388. The highest BCUT2D eigenvalue weighted by molar-refractivity contribution is 8.18. The number of hydrogen-bond acceptors (Lipinski definition) is 5. The molecule has 2 aromatic carbocycles. The van der Waals surface area contributed by atoms with Crippen molar-refractivity contribution in [1.29, 1.82) is 0 Å². The molecule has 2 fully saturated rings. The third kappa shape index (κ3) is 5.47. The molecule has 37 heavy (non-hydrogen) atoms. The van der Waals surface area contributed by atoms with Crippen LogP contribution in [-0.2, 0) is 33.8 Å². The maximum atomic E-state index is 13.2. The van der Waals surface area contributed by atoms with Crippen LogP contribution in [-0.4, -0.2) is 45.8 Å². The number of ether oxygens (including phenoxy) is 1. The van der Waals surface area contributed by atoms with Crippen LogP contribution < -0.4 is 5.32 Å². The van der Waals surface area contributed by atoms with Gasteiger partial charge in [-0.05, 0) is 60.4 Å². The normalized spacial score (nSPS) is 18.9. The van der Waals surface area contributed by atoms with Gasteiger partial charge < -0.3 is 14.6 Å². The Morgan fingerprint density at radius 3 is 2.76 bits per heavy atom. The van der Waals surface area contributed by atoms with E-state index in [1.807, 2.05) is 29.0 Å². The average molecular weight is 522 g/mol. The predicted octanol–water partition coefficient (Wildman–Crippen LogP) is 4.87. The van der Waals surface area contributed by atoms with E-state index in [1.165, 1.54) is 17.0 Å². The van der Waals surface area contributed by atoms with Crippen LogP contribution in [0.2, 0.25) is 0 Å². The van der Waals surface area contributed by atoms with Gasteiger partial charge in [-0.3, -0.25) is 19.3 Å². The number of fused-ring (bicyclic) bond motifs is 1. The summed E-state index contributed by atoms with van der Waals surface area (Å²) >= 11 is 0.885. The Morgan fingerprint density at radius 1 is 1.22 bits per heavy atom. The summed E-state index contributed by atoms with van der Waals surface area (Å²) in [6.07, 6.45) is 6.40. The quantitative estimate of drug-likeness (QED) is 0.428. The van der Waals surface area contributed by atoms with Crippen molar-refractivity contribution < 1.29 is 23.5 Å². The number of amides is 3. The molecule has 2 saturated heterocycles. The summed E-state index contributed by atoms with van der Waals surface area (Å²) in [7, 11) is 0. The highest BCUT2D eigenvalue weighted by Gasteiger charge is 2.35. The van der Waals surface area contributed by atoms with E-state index in [0.717, 1.165) is 59.7 Å². The Kier molecular flexibility index (Phi) is 7.43. The molecule has 0 radical (unpaired) electrons. The van der Waals surface area contributed by atoms with Crippen LogP contribution in [0.1, 0.15) is 36.5 Å². The Bertz CT molecular complexity index is 1380. The van der Waals surface area contributed by atoms with Gasteiger partial charge in [0.2, 0.25) is 5.91 Å². The number of aryl methyl sites for hydroxylation is 1. The van der Waals surface area contributed by atoms with Crippen molar-refractivity contribution in [2.75, 3.05) is 13.2 Å². The molecule has 1 aromatic heterocycles. The highest BCUT2D eigenvalue weighted by atomic mass is 32.2. The van der Waals surface area contributed by atoms with E-state index in [-0.39, 0.29) is 42.1 Å². The molecule has 9 heteroatoms. The van der Waals surface area contributed by atoms with E-state index in [0.29, 0.717) is 17.0 Å². The highest BCUT2D eigenvalue weighted by Crippen LogP contribution is 2.35. The number of nitrogens with one attached hydrogen (secondary N) is 1. The number of halogens is 1. The van der Waals surface area contributed by atoms with Crippen LogP contribution in [0.5, 0.6) is 0 Å². The fourth-order valence-corrected chi connectivity index (χ4v) is 5.61. The van der Waals surface area contributed by atoms with E-state index in [9.17, 15) is 18.8 Å². The molecule has 1 N–H and O–H groups in total. The first-order valence-corrected chi connectivity index (χ1v) is 13.2. The van der Waals surface area contributed by atoms with Gasteiger partial charge >= 0.3 is 0 Å². The van der Waals surface area contributed by atoms with Gasteiger partial charge in [-0.15, -0.1) is 0 Å². The second kappa shape index (κ2) is 10.9. The maximum Gasteiger partial charge on any atom is 0.293 e. The van der Waals surface area contributed by atoms with Crippen molar-refractivity contribution in [2.24, 2.45) is 0 Å². The summed E-state index contributed by atoms with van der Waals surface area (Å²) < 4.78 is 20.7. The fraction of sp³-hybridized carbons (Fsp3) is 0.321. The predicted molar refractivity (Wildman–Crippen MR) is 141 cm³/mol. The summed E-state index contributed by atoms with van der Waals surface area (Å²) in [6, 6.07) is 11.7. The van der Waals surface area contributed by atoms with Gasteiger partial charge in [-0.2, -0.15) is 0 Å². The molecule has 3 heterocycles. The van der Waals surface area contributed by atoms with Crippen molar-refractivity contribution in [1.82, 2.24) is 14.8 Å². The number of para-hydroxylation sites is 1. The summed E-state index contributed by atoms with van der Waals surface area (Å²) in [5.74, 6) is -0.869. The molecule has 3 aromatic rings. The third-order valence-electron chi connectivity index (χ3n) is 6.67. The molecule has 2 aliphatic rings. The standard InChI is InChI=1S/C28H28FN3O4S/c1-2-19-5-3-7-23-20(16-31(26(19)23)17-25(33)30-14-22-6-4-12-36-22)13-24-27(34)32(28(35)37-24)15-18-8-10-21(29)11-9-18/h3,5,7-11,13,16,22H,2,4,6,12,14-15,17H2,1H3,(H,30,33)/b24-13-/t22-/m1/s1. The SMILES string of the molecule is CCc1cccc2c(/C=C3\SC(=O)N(Cc4ccc(F)cc4)C3=O)cn(CC(=O)NC[C@H]3CCCO3)c12. The zero-order valence-electron chi connectivity index (χ0n) is 20.5. The molecule has 0 unspecified atom stereocenters. The number of carbonyl (C=O) groups is 3. The van der Waals surface area contributed by atoms with Crippen LogP contribution in [0, 0.1) is 5.82 Å². The number of carbonyl (C=O) groups excluding carboxylic acids is 3. The van der Waals surface area contributed by atoms with E-state index >= 15 is 0 Å². The zero-order chi connectivity index (χ0) is 25.9. The molecule has 5 rings (SSSR count). The topological polar surface area (TPSA) is 80.6 Å². The molecule has 0 spiro atoms. The lowest BCUT2D eigenvalue weighted by Crippen LogP contribution is -2.34. The van der Waals surface area contributed by atoms with Gasteiger partial charge in [0.1, 0.15) is 12.4 Å². The second-order valence-electron chi connectivity index (χ2n) is 9.21. The molecule has 2 aliphatic heterocycles. The van der Waals surface area contributed by atoms with Gasteiger partial charge in [0.15, 0.2) is 0 Å². The van der Waals surface area contributed by atoms with E-state index in [1.54, 1.807) is 18.2 Å². The first kappa shape index (κ1) is 25.2. The van der Waals surface area contributed by atoms with Crippen molar-refractivity contribution in [2.45, 2.75) is 45.4 Å². The summed E-state index contributed by atoms with van der Waals surface area (Å²) in [6.45, 7) is 3.51.